The van der Waals surface area contributed by atoms with Crippen LogP contribution in [0.25, 0.3) is 0 Å². The lowest BCUT2D eigenvalue weighted by Gasteiger charge is -2.34. The van der Waals surface area contributed by atoms with Crippen LogP contribution in [0, 0.1) is 17.8 Å². The number of nitrogens with one attached hydrogen (secondary N) is 1. The lowest BCUT2D eigenvalue weighted by Crippen LogP contribution is -2.42. The highest BCUT2D eigenvalue weighted by Crippen LogP contribution is 2.28. The minimum Gasteiger partial charge on any atom is -0.467 e. The summed E-state index contributed by atoms with van der Waals surface area (Å²) in [6.45, 7) is 5.85. The summed E-state index contributed by atoms with van der Waals surface area (Å²) in [4.78, 5) is 26.8. The summed E-state index contributed by atoms with van der Waals surface area (Å²) in [7, 11) is -3.57. The Morgan fingerprint density at radius 1 is 1.09 bits per heavy atom. The molecule has 1 N–H and O–H groups in total. The Hall–Kier alpha value is -2.65. The second kappa shape index (κ2) is 9.07. The first kappa shape index (κ1) is 22.5. The van der Waals surface area contributed by atoms with Gasteiger partial charge in [-0.3, -0.25) is 9.59 Å². The summed E-state index contributed by atoms with van der Waals surface area (Å²) in [5.74, 6) is 0.524. The van der Waals surface area contributed by atoms with Crippen molar-refractivity contribution in [1.82, 2.24) is 9.21 Å². The van der Waals surface area contributed by atoms with Crippen molar-refractivity contribution in [3.8, 4) is 0 Å². The van der Waals surface area contributed by atoms with Crippen LogP contribution in [0.15, 0.2) is 52.0 Å². The zero-order valence-corrected chi connectivity index (χ0v) is 19.2. The van der Waals surface area contributed by atoms with Gasteiger partial charge < -0.3 is 14.6 Å². The molecule has 0 aliphatic carbocycles. The maximum atomic E-state index is 13.0. The Labute approximate surface area is 188 Å². The van der Waals surface area contributed by atoms with Crippen molar-refractivity contribution in [3.05, 3.63) is 48.4 Å². The molecule has 0 radical (unpaired) electrons. The summed E-state index contributed by atoms with van der Waals surface area (Å²) in [6, 6.07) is 9.80. The molecule has 3 atom stereocenters. The molecule has 0 spiro atoms. The Kier molecular flexibility index (Phi) is 6.39. The fraction of sp³-hybridized carbons (Fsp3) is 0.478. The van der Waals surface area contributed by atoms with Gasteiger partial charge in [-0.25, -0.2) is 8.42 Å². The average Bonchev–Trinajstić information content (AvgIpc) is 3.38. The highest BCUT2D eigenvalue weighted by molar-refractivity contribution is 7.89. The molecule has 2 aliphatic rings. The minimum absolute atomic E-state index is 0.0898. The second-order valence-corrected chi connectivity index (χ2v) is 11.0. The van der Waals surface area contributed by atoms with Crippen LogP contribution in [0.1, 0.15) is 32.4 Å². The van der Waals surface area contributed by atoms with Crippen molar-refractivity contribution in [3.63, 3.8) is 0 Å². The first-order valence-electron chi connectivity index (χ1n) is 10.9. The summed E-state index contributed by atoms with van der Waals surface area (Å²) >= 11 is 0. The molecule has 2 fully saturated rings. The number of rotatable bonds is 6. The van der Waals surface area contributed by atoms with E-state index in [2.05, 4.69) is 19.2 Å². The molecule has 4 rings (SSSR count). The lowest BCUT2D eigenvalue weighted by atomic mass is 9.94. The van der Waals surface area contributed by atoms with E-state index in [1.807, 2.05) is 0 Å². The van der Waals surface area contributed by atoms with Crippen LogP contribution in [-0.4, -0.2) is 49.1 Å². The van der Waals surface area contributed by atoms with E-state index >= 15 is 0 Å². The maximum Gasteiger partial charge on any atom is 0.243 e. The number of amides is 2. The number of hydrogen-bond donors (Lipinski definition) is 1. The van der Waals surface area contributed by atoms with Crippen LogP contribution in [0.3, 0.4) is 0 Å². The topological polar surface area (TPSA) is 99.9 Å². The number of anilines is 1. The minimum atomic E-state index is -3.57. The summed E-state index contributed by atoms with van der Waals surface area (Å²) in [6.07, 6.45) is 2.72. The third-order valence-electron chi connectivity index (χ3n) is 6.11. The van der Waals surface area contributed by atoms with Gasteiger partial charge in [-0.1, -0.05) is 13.8 Å². The van der Waals surface area contributed by atoms with Crippen molar-refractivity contribution in [1.29, 1.82) is 0 Å². The number of carbonyl (C=O) groups is 2. The second-order valence-electron chi connectivity index (χ2n) is 9.04. The molecule has 3 heterocycles. The van der Waals surface area contributed by atoms with Crippen LogP contribution < -0.4 is 5.32 Å². The number of hydrogen-bond acceptors (Lipinski definition) is 5. The van der Waals surface area contributed by atoms with Crippen molar-refractivity contribution >= 4 is 27.5 Å². The Bertz CT molecular complexity index is 1060. The summed E-state index contributed by atoms with van der Waals surface area (Å²) < 4.78 is 32.9. The third kappa shape index (κ3) is 4.88. The molecule has 9 heteroatoms. The highest BCUT2D eigenvalue weighted by atomic mass is 32.2. The fourth-order valence-electron chi connectivity index (χ4n) is 4.60. The molecule has 0 saturated carbocycles. The molecule has 0 bridgehead atoms. The van der Waals surface area contributed by atoms with Crippen LogP contribution in [0.4, 0.5) is 5.69 Å². The number of benzene rings is 1. The molecule has 1 aromatic carbocycles. The number of piperidine rings is 1. The van der Waals surface area contributed by atoms with E-state index in [0.29, 0.717) is 49.5 Å². The molecule has 2 amide bonds. The number of likely N-dealkylation sites (tertiary alicyclic amines) is 1. The van der Waals surface area contributed by atoms with Gasteiger partial charge in [-0.05, 0) is 54.7 Å². The van der Waals surface area contributed by atoms with Crippen LogP contribution in [0.5, 0.6) is 0 Å². The molecular formula is C23H29N3O5S. The molecular weight excluding hydrogens is 430 g/mol. The summed E-state index contributed by atoms with van der Waals surface area (Å²) in [5.41, 5.74) is 0.506. The number of carbonyl (C=O) groups excluding carboxylic acids is 2. The van der Waals surface area contributed by atoms with Crippen LogP contribution in [-0.2, 0) is 26.2 Å². The van der Waals surface area contributed by atoms with E-state index in [4.69, 9.17) is 4.42 Å². The average molecular weight is 460 g/mol. The van der Waals surface area contributed by atoms with E-state index in [1.165, 1.54) is 12.1 Å². The SMILES string of the molecule is CC1CC(C)CN(S(=O)(=O)c2ccc(NC(=O)C3CC(=O)N(Cc4ccco4)C3)cc2)C1. The van der Waals surface area contributed by atoms with E-state index < -0.39 is 15.9 Å². The fourth-order valence-corrected chi connectivity index (χ4v) is 6.28. The van der Waals surface area contributed by atoms with Gasteiger partial charge >= 0.3 is 0 Å². The lowest BCUT2D eigenvalue weighted by molar-refractivity contribution is -0.128. The maximum absolute atomic E-state index is 13.0. The highest BCUT2D eigenvalue weighted by Gasteiger charge is 2.35. The predicted octanol–water partition coefficient (Wildman–Crippen LogP) is 2.93. The van der Waals surface area contributed by atoms with E-state index in [-0.39, 0.29) is 23.1 Å². The smallest absolute Gasteiger partial charge is 0.243 e. The normalized spacial score (nSPS) is 24.6. The molecule has 2 aliphatic heterocycles. The molecule has 1 aromatic heterocycles. The van der Waals surface area contributed by atoms with Gasteiger partial charge in [0.25, 0.3) is 0 Å². The zero-order valence-electron chi connectivity index (χ0n) is 18.4. The largest absolute Gasteiger partial charge is 0.467 e. The Morgan fingerprint density at radius 2 is 1.78 bits per heavy atom. The molecule has 172 valence electrons. The Balaban J connectivity index is 1.37. The van der Waals surface area contributed by atoms with Gasteiger partial charge in [0.15, 0.2) is 0 Å². The van der Waals surface area contributed by atoms with Crippen molar-refractivity contribution in [2.75, 3.05) is 25.0 Å². The summed E-state index contributed by atoms with van der Waals surface area (Å²) in [5, 5.41) is 2.81. The van der Waals surface area contributed by atoms with Crippen molar-refractivity contribution < 1.29 is 22.4 Å². The quantitative estimate of drug-likeness (QED) is 0.716. The molecule has 3 unspecified atom stereocenters. The number of nitrogens with zero attached hydrogens (tertiary/aromatic N) is 2. The Morgan fingerprint density at radius 3 is 2.41 bits per heavy atom. The first-order chi connectivity index (χ1) is 15.2. The van der Waals surface area contributed by atoms with Gasteiger partial charge in [0.05, 0.1) is 23.6 Å². The number of sulfonamides is 1. The monoisotopic (exact) mass is 459 g/mol. The molecule has 2 saturated heterocycles. The molecule has 8 nitrogen and oxygen atoms in total. The van der Waals surface area contributed by atoms with Gasteiger partial charge in [0.1, 0.15) is 5.76 Å². The van der Waals surface area contributed by atoms with Crippen molar-refractivity contribution in [2.45, 2.75) is 38.1 Å². The van der Waals surface area contributed by atoms with Gasteiger partial charge in [0.2, 0.25) is 21.8 Å². The molecule has 2 aromatic rings. The zero-order chi connectivity index (χ0) is 22.9. The molecule has 32 heavy (non-hydrogen) atoms. The van der Waals surface area contributed by atoms with E-state index in [0.717, 1.165) is 6.42 Å². The van der Waals surface area contributed by atoms with Crippen LogP contribution in [0.2, 0.25) is 0 Å². The standard InChI is InChI=1S/C23H29N3O5S/c1-16-10-17(2)13-26(12-16)32(29,30)21-7-5-19(6-8-21)24-23(28)18-11-22(27)25(14-18)15-20-4-3-9-31-20/h3-9,16-18H,10-15H2,1-2H3,(H,24,28). The predicted molar refractivity (Wildman–Crippen MR) is 119 cm³/mol. The third-order valence-corrected chi connectivity index (χ3v) is 7.95. The van der Waals surface area contributed by atoms with E-state index in [9.17, 15) is 18.0 Å². The van der Waals surface area contributed by atoms with E-state index in [1.54, 1.807) is 39.7 Å². The van der Waals surface area contributed by atoms with Gasteiger partial charge in [-0.15, -0.1) is 0 Å². The van der Waals surface area contributed by atoms with Gasteiger partial charge in [0, 0.05) is 31.7 Å². The number of furan rings is 1. The van der Waals surface area contributed by atoms with Crippen molar-refractivity contribution in [2.24, 2.45) is 17.8 Å². The first-order valence-corrected chi connectivity index (χ1v) is 12.4. The van der Waals surface area contributed by atoms with Crippen LogP contribution >= 0.6 is 0 Å². The van der Waals surface area contributed by atoms with Gasteiger partial charge in [-0.2, -0.15) is 4.31 Å².